The van der Waals surface area contributed by atoms with Crippen LogP contribution in [-0.2, 0) is 19.6 Å². The number of hydrogen-bond donors (Lipinski definition) is 1. The van der Waals surface area contributed by atoms with E-state index in [9.17, 15) is 18.0 Å². The van der Waals surface area contributed by atoms with Gasteiger partial charge in [0.25, 0.3) is 5.91 Å². The lowest BCUT2D eigenvalue weighted by atomic mass is 10.1. The molecule has 0 radical (unpaired) electrons. The van der Waals surface area contributed by atoms with Crippen molar-refractivity contribution in [2.24, 2.45) is 0 Å². The molecule has 1 aliphatic heterocycles. The third-order valence-electron chi connectivity index (χ3n) is 5.66. The first-order chi connectivity index (χ1) is 15.8. The average Bonchev–Trinajstić information content (AvgIpc) is 3.52. The number of nitrogens with one attached hydrogen (secondary N) is 1. The van der Waals surface area contributed by atoms with E-state index < -0.39 is 28.5 Å². The molecule has 180 valence electrons. The molecule has 0 saturated carbocycles. The number of ether oxygens (including phenoxy) is 1. The maximum Gasteiger partial charge on any atom is 0.340 e. The zero-order chi connectivity index (χ0) is 24.0. The number of anilines is 1. The highest BCUT2D eigenvalue weighted by Crippen LogP contribution is 2.29. The number of nitrogens with zero attached hydrogens (tertiary/aromatic N) is 2. The highest BCUT2D eigenvalue weighted by molar-refractivity contribution is 7.89. The molecule has 1 aromatic carbocycles. The molecule has 0 aliphatic carbocycles. The molecular formula is C23H31N3O5S2. The van der Waals surface area contributed by atoms with Crippen molar-refractivity contribution in [3.8, 4) is 0 Å². The summed E-state index contributed by atoms with van der Waals surface area (Å²) in [6.07, 6.45) is 1.99. The summed E-state index contributed by atoms with van der Waals surface area (Å²) in [6, 6.07) is 8.20. The van der Waals surface area contributed by atoms with Gasteiger partial charge in [0.2, 0.25) is 10.0 Å². The van der Waals surface area contributed by atoms with Gasteiger partial charge in [-0.25, -0.2) is 13.2 Å². The predicted octanol–water partition coefficient (Wildman–Crippen LogP) is 3.41. The normalized spacial score (nSPS) is 15.0. The van der Waals surface area contributed by atoms with Crippen LogP contribution in [-0.4, -0.2) is 57.4 Å². The lowest BCUT2D eigenvalue weighted by molar-refractivity contribution is -0.124. The monoisotopic (exact) mass is 493 g/mol. The first kappa shape index (κ1) is 25.2. The third kappa shape index (κ3) is 5.93. The fraction of sp³-hybridized carbons (Fsp3) is 0.478. The van der Waals surface area contributed by atoms with Crippen molar-refractivity contribution in [1.29, 1.82) is 0 Å². The van der Waals surface area contributed by atoms with Gasteiger partial charge in [0.1, 0.15) is 0 Å². The minimum absolute atomic E-state index is 0.0388. The molecule has 2 aromatic rings. The quantitative estimate of drug-likeness (QED) is 0.510. The Morgan fingerprint density at radius 2 is 1.88 bits per heavy atom. The Balaban J connectivity index is 1.79. The van der Waals surface area contributed by atoms with Gasteiger partial charge in [-0.1, -0.05) is 19.9 Å². The predicted molar refractivity (Wildman–Crippen MR) is 129 cm³/mol. The standard InChI is InChI=1S/C23H31N3O5S2/c1-4-26(5-2)33(29,30)18-10-11-20(25-12-6-7-13-25)19(15-18)23(28)31-16-22(27)24-17(3)21-9-8-14-32-21/h8-11,14-15,17H,4-7,12-13,16H2,1-3H3,(H,24,27). The highest BCUT2D eigenvalue weighted by Gasteiger charge is 2.27. The van der Waals surface area contributed by atoms with Gasteiger partial charge >= 0.3 is 5.97 Å². The van der Waals surface area contributed by atoms with Crippen LogP contribution in [0.4, 0.5) is 5.69 Å². The van der Waals surface area contributed by atoms with Crippen molar-refractivity contribution in [3.63, 3.8) is 0 Å². The third-order valence-corrected chi connectivity index (χ3v) is 8.76. The Morgan fingerprint density at radius 1 is 1.18 bits per heavy atom. The largest absolute Gasteiger partial charge is 0.452 e. The fourth-order valence-corrected chi connectivity index (χ4v) is 6.11. The lowest BCUT2D eigenvalue weighted by Crippen LogP contribution is -2.32. The van der Waals surface area contributed by atoms with Crippen LogP contribution in [0.25, 0.3) is 0 Å². The molecule has 1 amide bonds. The minimum atomic E-state index is -3.74. The number of esters is 1. The molecule has 1 unspecified atom stereocenters. The molecule has 10 heteroatoms. The minimum Gasteiger partial charge on any atom is -0.452 e. The van der Waals surface area contributed by atoms with E-state index in [0.29, 0.717) is 18.8 Å². The van der Waals surface area contributed by atoms with Crippen molar-refractivity contribution < 1.29 is 22.7 Å². The summed E-state index contributed by atoms with van der Waals surface area (Å²) in [4.78, 5) is 28.4. The van der Waals surface area contributed by atoms with E-state index in [2.05, 4.69) is 5.32 Å². The summed E-state index contributed by atoms with van der Waals surface area (Å²) in [6.45, 7) is 7.17. The number of amides is 1. The van der Waals surface area contributed by atoms with Crippen molar-refractivity contribution >= 4 is 38.9 Å². The second-order valence-corrected chi connectivity index (χ2v) is 10.8. The van der Waals surface area contributed by atoms with Crippen LogP contribution in [0, 0.1) is 0 Å². The maximum absolute atomic E-state index is 13.0. The number of hydrogen-bond acceptors (Lipinski definition) is 7. The Hall–Kier alpha value is -2.43. The van der Waals surface area contributed by atoms with Crippen molar-refractivity contribution in [2.45, 2.75) is 44.6 Å². The van der Waals surface area contributed by atoms with E-state index in [4.69, 9.17) is 4.74 Å². The van der Waals surface area contributed by atoms with E-state index in [1.807, 2.05) is 29.3 Å². The van der Waals surface area contributed by atoms with Crippen LogP contribution in [0.1, 0.15) is 54.9 Å². The van der Waals surface area contributed by atoms with Crippen LogP contribution in [0.15, 0.2) is 40.6 Å². The van der Waals surface area contributed by atoms with E-state index in [1.165, 1.54) is 27.8 Å². The van der Waals surface area contributed by atoms with E-state index >= 15 is 0 Å². The first-order valence-electron chi connectivity index (χ1n) is 11.2. The molecular weight excluding hydrogens is 462 g/mol. The Labute approximate surface area is 199 Å². The number of carbonyl (C=O) groups excluding carboxylic acids is 2. The Bertz CT molecular complexity index is 1060. The summed E-state index contributed by atoms with van der Waals surface area (Å²) in [5.41, 5.74) is 0.785. The zero-order valence-electron chi connectivity index (χ0n) is 19.2. The SMILES string of the molecule is CCN(CC)S(=O)(=O)c1ccc(N2CCCC2)c(C(=O)OCC(=O)NC(C)c2cccs2)c1. The van der Waals surface area contributed by atoms with Crippen molar-refractivity contribution in [3.05, 3.63) is 46.2 Å². The van der Waals surface area contributed by atoms with Gasteiger partial charge in [0.05, 0.1) is 22.2 Å². The fourth-order valence-electron chi connectivity index (χ4n) is 3.89. The number of carbonyl (C=O) groups is 2. The highest BCUT2D eigenvalue weighted by atomic mass is 32.2. The van der Waals surface area contributed by atoms with Gasteiger partial charge in [-0.2, -0.15) is 4.31 Å². The topological polar surface area (TPSA) is 96.0 Å². The Morgan fingerprint density at radius 3 is 2.48 bits per heavy atom. The molecule has 33 heavy (non-hydrogen) atoms. The molecule has 3 rings (SSSR count). The number of sulfonamides is 1. The van der Waals surface area contributed by atoms with Gasteiger partial charge in [-0.3, -0.25) is 4.79 Å². The first-order valence-corrected chi connectivity index (χ1v) is 13.5. The molecule has 2 heterocycles. The van der Waals surface area contributed by atoms with Crippen molar-refractivity contribution in [1.82, 2.24) is 9.62 Å². The van der Waals surface area contributed by atoms with Gasteiger partial charge in [0.15, 0.2) is 6.61 Å². The molecule has 1 N–H and O–H groups in total. The van der Waals surface area contributed by atoms with Crippen molar-refractivity contribution in [2.75, 3.05) is 37.7 Å². The summed E-state index contributed by atoms with van der Waals surface area (Å²) >= 11 is 1.53. The van der Waals surface area contributed by atoms with Crippen LogP contribution in [0.3, 0.4) is 0 Å². The second kappa shape index (κ2) is 11.1. The molecule has 1 atom stereocenters. The lowest BCUT2D eigenvalue weighted by Gasteiger charge is -2.23. The van der Waals surface area contributed by atoms with Crippen LogP contribution in [0.2, 0.25) is 0 Å². The summed E-state index contributed by atoms with van der Waals surface area (Å²) in [7, 11) is -3.74. The summed E-state index contributed by atoms with van der Waals surface area (Å²) in [5.74, 6) is -1.13. The van der Waals surface area contributed by atoms with Crippen LogP contribution in [0.5, 0.6) is 0 Å². The van der Waals surface area contributed by atoms with E-state index in [-0.39, 0.29) is 16.5 Å². The number of benzene rings is 1. The molecule has 0 bridgehead atoms. The van der Waals surface area contributed by atoms with Gasteiger partial charge in [-0.05, 0) is 49.4 Å². The zero-order valence-corrected chi connectivity index (χ0v) is 20.9. The summed E-state index contributed by atoms with van der Waals surface area (Å²) < 4.78 is 32.6. The molecule has 1 aromatic heterocycles. The Kier molecular flexibility index (Phi) is 8.50. The molecule has 1 fully saturated rings. The van der Waals surface area contributed by atoms with Crippen LogP contribution < -0.4 is 10.2 Å². The van der Waals surface area contributed by atoms with Crippen LogP contribution >= 0.6 is 11.3 Å². The molecule has 1 saturated heterocycles. The average molecular weight is 494 g/mol. The molecule has 1 aliphatic rings. The second-order valence-electron chi connectivity index (χ2n) is 7.84. The summed E-state index contributed by atoms with van der Waals surface area (Å²) in [5, 5.41) is 4.73. The van der Waals surface area contributed by atoms with Gasteiger partial charge in [-0.15, -0.1) is 11.3 Å². The van der Waals surface area contributed by atoms with Gasteiger partial charge < -0.3 is 15.0 Å². The number of thiophene rings is 1. The molecule has 0 spiro atoms. The van der Waals surface area contributed by atoms with E-state index in [0.717, 1.165) is 30.8 Å². The molecule has 8 nitrogen and oxygen atoms in total. The number of rotatable bonds is 10. The maximum atomic E-state index is 13.0. The smallest absolute Gasteiger partial charge is 0.340 e. The van der Waals surface area contributed by atoms with Gasteiger partial charge in [0, 0.05) is 31.1 Å². The van der Waals surface area contributed by atoms with E-state index in [1.54, 1.807) is 19.9 Å².